The van der Waals surface area contributed by atoms with Crippen LogP contribution in [0.5, 0.6) is 0 Å². The summed E-state index contributed by atoms with van der Waals surface area (Å²) in [6.07, 6.45) is 0. The zero-order valence-electron chi connectivity index (χ0n) is 33.5. The van der Waals surface area contributed by atoms with Gasteiger partial charge in [-0.05, 0) is 82.4 Å². The molecule has 5 heteroatoms. The maximum Gasteiger partial charge on any atom is 0.164 e. The fourth-order valence-electron chi connectivity index (χ4n) is 8.86. The van der Waals surface area contributed by atoms with Gasteiger partial charge in [-0.2, -0.15) is 0 Å². The zero-order chi connectivity index (χ0) is 41.0. The van der Waals surface area contributed by atoms with Gasteiger partial charge in [0, 0.05) is 49.5 Å². The maximum absolute atomic E-state index is 6.87. The molecular weight excluding hydrogens is 757 g/mol. The van der Waals surface area contributed by atoms with Crippen LogP contribution in [-0.2, 0) is 0 Å². The second kappa shape index (κ2) is 14.7. The Balaban J connectivity index is 1.01. The smallest absolute Gasteiger partial charge is 0.164 e. The Labute approximate surface area is 357 Å². The lowest BCUT2D eigenvalue weighted by Crippen LogP contribution is -2.00. The molecule has 3 heterocycles. The minimum absolute atomic E-state index is 0.571. The van der Waals surface area contributed by atoms with E-state index in [1.165, 1.54) is 16.3 Å². The van der Waals surface area contributed by atoms with Crippen LogP contribution in [0.15, 0.2) is 223 Å². The van der Waals surface area contributed by atoms with E-state index in [1.807, 2.05) is 42.5 Å². The summed E-state index contributed by atoms with van der Waals surface area (Å²) >= 11 is 0. The summed E-state index contributed by atoms with van der Waals surface area (Å²) in [5, 5.41) is 4.53. The van der Waals surface area contributed by atoms with Crippen LogP contribution >= 0.6 is 0 Å². The number of fused-ring (bicyclic) bond motifs is 6. The third-order valence-corrected chi connectivity index (χ3v) is 11.8. The Morgan fingerprint density at radius 3 is 1.52 bits per heavy atom. The molecule has 0 spiro atoms. The molecule has 3 aromatic heterocycles. The Morgan fingerprint density at radius 1 is 0.306 bits per heavy atom. The lowest BCUT2D eigenvalue weighted by molar-refractivity contribution is 0.670. The topological polar surface area (TPSA) is 56.7 Å². The fourth-order valence-corrected chi connectivity index (χ4v) is 8.86. The first-order valence-electron chi connectivity index (χ1n) is 20.8. The van der Waals surface area contributed by atoms with Crippen molar-refractivity contribution in [1.29, 1.82) is 0 Å². The van der Waals surface area contributed by atoms with Gasteiger partial charge in [-0.1, -0.05) is 164 Å². The van der Waals surface area contributed by atoms with Crippen molar-refractivity contribution in [2.75, 3.05) is 0 Å². The number of aromatic nitrogens is 4. The lowest BCUT2D eigenvalue weighted by atomic mass is 9.96. The van der Waals surface area contributed by atoms with Gasteiger partial charge in [0.2, 0.25) is 0 Å². The van der Waals surface area contributed by atoms with Crippen LogP contribution in [0.1, 0.15) is 0 Å². The van der Waals surface area contributed by atoms with Crippen molar-refractivity contribution >= 4 is 43.7 Å². The average Bonchev–Trinajstić information content (AvgIpc) is 3.90. The zero-order valence-corrected chi connectivity index (χ0v) is 33.5. The summed E-state index contributed by atoms with van der Waals surface area (Å²) in [6, 6.07) is 76.3. The molecule has 0 amide bonds. The monoisotopic (exact) mass is 792 g/mol. The molecule has 0 bridgehead atoms. The normalized spacial score (nSPS) is 11.5. The van der Waals surface area contributed by atoms with E-state index in [9.17, 15) is 0 Å². The van der Waals surface area contributed by atoms with E-state index in [0.29, 0.717) is 17.5 Å². The van der Waals surface area contributed by atoms with E-state index < -0.39 is 0 Å². The predicted molar refractivity (Wildman–Crippen MR) is 254 cm³/mol. The molecule has 0 N–H and O–H groups in total. The molecule has 9 aromatic carbocycles. The molecule has 0 aliphatic rings. The molecule has 0 aliphatic heterocycles. The lowest BCUT2D eigenvalue weighted by Gasteiger charge is -2.12. The van der Waals surface area contributed by atoms with Crippen molar-refractivity contribution in [3.05, 3.63) is 218 Å². The largest absolute Gasteiger partial charge is 0.455 e. The molecule has 12 rings (SSSR count). The van der Waals surface area contributed by atoms with E-state index >= 15 is 0 Å². The van der Waals surface area contributed by atoms with Crippen molar-refractivity contribution in [2.24, 2.45) is 0 Å². The van der Waals surface area contributed by atoms with Crippen LogP contribution in [0.25, 0.3) is 117 Å². The molecule has 0 saturated heterocycles. The van der Waals surface area contributed by atoms with Crippen LogP contribution in [0.4, 0.5) is 0 Å². The second-order valence-electron chi connectivity index (χ2n) is 15.6. The van der Waals surface area contributed by atoms with Crippen molar-refractivity contribution in [3.8, 4) is 73.2 Å². The van der Waals surface area contributed by atoms with Crippen LogP contribution < -0.4 is 0 Å². The third-order valence-electron chi connectivity index (χ3n) is 11.8. The summed E-state index contributed by atoms with van der Waals surface area (Å²) in [7, 11) is 0. The minimum atomic E-state index is 0.571. The van der Waals surface area contributed by atoms with Crippen LogP contribution in [-0.4, -0.2) is 19.5 Å². The quantitative estimate of drug-likeness (QED) is 0.161. The van der Waals surface area contributed by atoms with Gasteiger partial charge < -0.3 is 8.98 Å². The molecule has 0 fully saturated rings. The highest BCUT2D eigenvalue weighted by Gasteiger charge is 2.19. The van der Waals surface area contributed by atoms with Crippen molar-refractivity contribution in [1.82, 2.24) is 19.5 Å². The van der Waals surface area contributed by atoms with Crippen LogP contribution in [0.2, 0.25) is 0 Å². The van der Waals surface area contributed by atoms with Gasteiger partial charge in [-0.15, -0.1) is 0 Å². The highest BCUT2D eigenvalue weighted by atomic mass is 16.3. The first-order valence-corrected chi connectivity index (χ1v) is 20.8. The van der Waals surface area contributed by atoms with E-state index in [-0.39, 0.29) is 0 Å². The number of rotatable bonds is 7. The molecule has 62 heavy (non-hydrogen) atoms. The Bertz CT molecular complexity index is 3560. The van der Waals surface area contributed by atoms with Crippen LogP contribution in [0.3, 0.4) is 0 Å². The Morgan fingerprint density at radius 2 is 0.823 bits per heavy atom. The molecule has 0 radical (unpaired) electrons. The van der Waals surface area contributed by atoms with Gasteiger partial charge >= 0.3 is 0 Å². The Hall–Kier alpha value is -8.41. The van der Waals surface area contributed by atoms with Gasteiger partial charge in [-0.3, -0.25) is 0 Å². The molecular formula is C57H36N4O. The van der Waals surface area contributed by atoms with Crippen molar-refractivity contribution < 1.29 is 4.42 Å². The second-order valence-corrected chi connectivity index (χ2v) is 15.6. The molecule has 0 unspecified atom stereocenters. The highest BCUT2D eigenvalue weighted by Crippen LogP contribution is 2.41. The summed E-state index contributed by atoms with van der Waals surface area (Å²) < 4.78 is 9.22. The Kier molecular flexibility index (Phi) is 8.42. The summed E-state index contributed by atoms with van der Waals surface area (Å²) in [4.78, 5) is 15.4. The average molecular weight is 793 g/mol. The first kappa shape index (κ1) is 35.5. The first-order chi connectivity index (χ1) is 30.7. The number of hydrogen-bond donors (Lipinski definition) is 0. The van der Waals surface area contributed by atoms with E-state index in [1.54, 1.807) is 0 Å². The molecule has 0 aliphatic carbocycles. The number of para-hydroxylation sites is 3. The molecule has 290 valence electrons. The SMILES string of the molecule is c1ccc(-c2cc(-c3ccccc3)cc(-c3nc(-c4ccccc4)nc(-c4ccc5c(c4)oc4c(-c6ccc7c8ccccc8n(-c8ccccc8)c7c6)cccc45)n3)c2)cc1. The number of nitrogens with zero attached hydrogens (tertiary/aromatic N) is 4. The minimum Gasteiger partial charge on any atom is -0.455 e. The van der Waals surface area contributed by atoms with E-state index in [2.05, 4.69) is 180 Å². The number of furan rings is 1. The molecule has 0 atom stereocenters. The van der Waals surface area contributed by atoms with Gasteiger partial charge in [0.25, 0.3) is 0 Å². The maximum atomic E-state index is 6.87. The number of benzene rings is 9. The van der Waals surface area contributed by atoms with Gasteiger partial charge in [0.05, 0.1) is 11.0 Å². The summed E-state index contributed by atoms with van der Waals surface area (Å²) in [5.74, 6) is 1.77. The number of hydrogen-bond acceptors (Lipinski definition) is 4. The standard InChI is InChI=1S/C57H36N4O/c1-5-16-37(17-6-1)42-32-43(38-18-7-2-8-19-38)34-44(33-42)57-59-55(39-20-9-3-10-21-39)58-56(60-57)41-29-31-49-50-26-15-25-46(54(50)62-53(49)36-41)40-28-30-48-47-24-13-14-27-51(47)61(52(48)35-40)45-22-11-4-12-23-45/h1-36H. The van der Waals surface area contributed by atoms with E-state index in [0.717, 1.165) is 83.2 Å². The molecule has 12 aromatic rings. The van der Waals surface area contributed by atoms with Gasteiger partial charge in [0.15, 0.2) is 17.5 Å². The highest BCUT2D eigenvalue weighted by molar-refractivity contribution is 6.13. The molecule has 5 nitrogen and oxygen atoms in total. The third kappa shape index (κ3) is 6.14. The van der Waals surface area contributed by atoms with Gasteiger partial charge in [0.1, 0.15) is 11.2 Å². The van der Waals surface area contributed by atoms with Crippen molar-refractivity contribution in [3.63, 3.8) is 0 Å². The van der Waals surface area contributed by atoms with E-state index in [4.69, 9.17) is 19.4 Å². The van der Waals surface area contributed by atoms with Crippen LogP contribution in [0, 0.1) is 0 Å². The fraction of sp³-hybridized carbons (Fsp3) is 0. The predicted octanol–water partition coefficient (Wildman–Crippen LogP) is 14.9. The summed E-state index contributed by atoms with van der Waals surface area (Å²) in [5.41, 5.74) is 14.3. The molecule has 0 saturated carbocycles. The summed E-state index contributed by atoms with van der Waals surface area (Å²) in [6.45, 7) is 0. The van der Waals surface area contributed by atoms with Crippen molar-refractivity contribution in [2.45, 2.75) is 0 Å². The van der Waals surface area contributed by atoms with Gasteiger partial charge in [-0.25, -0.2) is 15.0 Å².